The molecule has 5 rings (SSSR count). The average Bonchev–Trinajstić information content (AvgIpc) is 2.84. The van der Waals surface area contributed by atoms with E-state index in [4.69, 9.17) is 16.6 Å². The zero-order chi connectivity index (χ0) is 23.7. The van der Waals surface area contributed by atoms with Crippen LogP contribution in [-0.2, 0) is 0 Å². The molecule has 4 aromatic carbocycles. The Morgan fingerprint density at radius 3 is 2.44 bits per heavy atom. The van der Waals surface area contributed by atoms with Gasteiger partial charge in [-0.05, 0) is 68.0 Å². The summed E-state index contributed by atoms with van der Waals surface area (Å²) >= 11 is 6.24. The van der Waals surface area contributed by atoms with Crippen LogP contribution in [0.2, 0.25) is 5.02 Å². The molecule has 0 aliphatic heterocycles. The summed E-state index contributed by atoms with van der Waals surface area (Å²) in [6, 6.07) is 27.6. The lowest BCUT2D eigenvalue weighted by Gasteiger charge is -2.14. The van der Waals surface area contributed by atoms with Gasteiger partial charge in [0.2, 0.25) is 0 Å². The molecular weight excluding hydrogens is 440 g/mol. The number of anilines is 2. The summed E-state index contributed by atoms with van der Waals surface area (Å²) in [4.78, 5) is 17.7. The SMILES string of the molecule is Cc1ccc(/C=C/C(=O)c2cccc(Nc3c4ccc(Cl)cc4nc4ccc(C)cc34)c2)cc1. The van der Waals surface area contributed by atoms with E-state index in [1.807, 2.05) is 85.8 Å². The minimum Gasteiger partial charge on any atom is -0.354 e. The van der Waals surface area contributed by atoms with E-state index in [1.165, 1.54) is 5.56 Å². The number of fused-ring (bicyclic) bond motifs is 2. The van der Waals surface area contributed by atoms with Crippen LogP contribution in [0.25, 0.3) is 27.9 Å². The van der Waals surface area contributed by atoms with Gasteiger partial charge in [0.25, 0.3) is 0 Å². The van der Waals surface area contributed by atoms with Crippen LogP contribution in [0.1, 0.15) is 27.0 Å². The maximum Gasteiger partial charge on any atom is 0.185 e. The highest BCUT2D eigenvalue weighted by Crippen LogP contribution is 2.35. The predicted molar refractivity (Wildman–Crippen MR) is 143 cm³/mol. The number of aryl methyl sites for hydroxylation is 2. The van der Waals surface area contributed by atoms with E-state index in [2.05, 4.69) is 24.4 Å². The van der Waals surface area contributed by atoms with E-state index < -0.39 is 0 Å². The number of nitrogens with one attached hydrogen (secondary N) is 1. The smallest absolute Gasteiger partial charge is 0.185 e. The fourth-order valence-corrected chi connectivity index (χ4v) is 4.17. The predicted octanol–water partition coefficient (Wildman–Crippen LogP) is 8.30. The lowest BCUT2D eigenvalue weighted by atomic mass is 10.0. The number of rotatable bonds is 5. The Morgan fingerprint density at radius 1 is 0.824 bits per heavy atom. The number of hydrogen-bond donors (Lipinski definition) is 1. The van der Waals surface area contributed by atoms with Gasteiger partial charge in [0.05, 0.1) is 16.7 Å². The second-order valence-corrected chi connectivity index (χ2v) is 8.92. The van der Waals surface area contributed by atoms with Gasteiger partial charge in [0.1, 0.15) is 0 Å². The zero-order valence-electron chi connectivity index (χ0n) is 19.0. The van der Waals surface area contributed by atoms with E-state index in [-0.39, 0.29) is 5.78 Å². The third-order valence-electron chi connectivity index (χ3n) is 5.81. The molecule has 1 N–H and O–H groups in total. The van der Waals surface area contributed by atoms with Crippen LogP contribution >= 0.6 is 11.6 Å². The number of aromatic nitrogens is 1. The molecular formula is C30H23ClN2O. The van der Waals surface area contributed by atoms with E-state index in [9.17, 15) is 4.79 Å². The molecule has 0 saturated heterocycles. The number of halogens is 1. The number of ketones is 1. The number of pyridine rings is 1. The van der Waals surface area contributed by atoms with Crippen molar-refractivity contribution in [3.05, 3.63) is 118 Å². The molecule has 34 heavy (non-hydrogen) atoms. The summed E-state index contributed by atoms with van der Waals surface area (Å²) in [6.07, 6.45) is 3.46. The van der Waals surface area contributed by atoms with Crippen molar-refractivity contribution in [1.82, 2.24) is 4.98 Å². The van der Waals surface area contributed by atoms with Crippen molar-refractivity contribution in [2.45, 2.75) is 13.8 Å². The highest BCUT2D eigenvalue weighted by molar-refractivity contribution is 6.31. The van der Waals surface area contributed by atoms with E-state index in [1.54, 1.807) is 6.08 Å². The van der Waals surface area contributed by atoms with Gasteiger partial charge in [0.15, 0.2) is 5.78 Å². The van der Waals surface area contributed by atoms with Crippen molar-refractivity contribution < 1.29 is 4.79 Å². The molecule has 0 aliphatic carbocycles. The van der Waals surface area contributed by atoms with E-state index >= 15 is 0 Å². The number of nitrogens with zero attached hydrogens (tertiary/aromatic N) is 1. The van der Waals surface area contributed by atoms with Gasteiger partial charge in [-0.2, -0.15) is 0 Å². The Balaban J connectivity index is 1.51. The Bertz CT molecular complexity index is 1570. The molecule has 0 unspecified atom stereocenters. The Kier molecular flexibility index (Phi) is 5.87. The van der Waals surface area contributed by atoms with Crippen LogP contribution in [-0.4, -0.2) is 10.8 Å². The Labute approximate surface area is 203 Å². The van der Waals surface area contributed by atoms with Crippen LogP contribution in [0, 0.1) is 13.8 Å². The van der Waals surface area contributed by atoms with Gasteiger partial charge >= 0.3 is 0 Å². The van der Waals surface area contributed by atoms with Gasteiger partial charge in [-0.15, -0.1) is 0 Å². The lowest BCUT2D eigenvalue weighted by molar-refractivity contribution is 0.104. The molecule has 0 amide bonds. The molecule has 0 spiro atoms. The molecule has 5 aromatic rings. The average molecular weight is 463 g/mol. The van der Waals surface area contributed by atoms with Crippen molar-refractivity contribution in [1.29, 1.82) is 0 Å². The van der Waals surface area contributed by atoms with E-state index in [0.29, 0.717) is 10.6 Å². The number of carbonyl (C=O) groups is 1. The van der Waals surface area contributed by atoms with Crippen molar-refractivity contribution >= 4 is 56.6 Å². The maximum absolute atomic E-state index is 12.9. The topological polar surface area (TPSA) is 42.0 Å². The number of carbonyl (C=O) groups excluding carboxylic acids is 1. The van der Waals surface area contributed by atoms with Crippen LogP contribution in [0.3, 0.4) is 0 Å². The van der Waals surface area contributed by atoms with Crippen molar-refractivity contribution in [3.8, 4) is 0 Å². The first-order chi connectivity index (χ1) is 16.5. The monoisotopic (exact) mass is 462 g/mol. The van der Waals surface area contributed by atoms with Crippen molar-refractivity contribution in [2.75, 3.05) is 5.32 Å². The van der Waals surface area contributed by atoms with Crippen LogP contribution in [0.5, 0.6) is 0 Å². The molecule has 0 saturated carbocycles. The summed E-state index contributed by atoms with van der Waals surface area (Å²) in [5.41, 5.74) is 7.44. The number of allylic oxidation sites excluding steroid dienone is 1. The van der Waals surface area contributed by atoms with Crippen molar-refractivity contribution in [2.24, 2.45) is 0 Å². The van der Waals surface area contributed by atoms with Crippen LogP contribution in [0.4, 0.5) is 11.4 Å². The summed E-state index contributed by atoms with van der Waals surface area (Å²) in [7, 11) is 0. The maximum atomic E-state index is 12.9. The second-order valence-electron chi connectivity index (χ2n) is 8.48. The van der Waals surface area contributed by atoms with Crippen LogP contribution < -0.4 is 5.32 Å². The third kappa shape index (κ3) is 4.57. The molecule has 1 aromatic heterocycles. The first-order valence-electron chi connectivity index (χ1n) is 11.1. The van der Waals surface area contributed by atoms with E-state index in [0.717, 1.165) is 44.3 Å². The minimum atomic E-state index is -0.0451. The molecule has 0 bridgehead atoms. The standard InChI is InChI=1S/C30H23ClN2O/c1-19-6-9-21(10-7-19)11-15-29(34)22-4-3-5-24(17-22)32-30-25-13-12-23(31)18-28(25)33-27-14-8-20(2)16-26(27)30/h3-18H,1-2H3,(H,32,33)/b15-11+. The molecule has 1 heterocycles. The highest BCUT2D eigenvalue weighted by atomic mass is 35.5. The minimum absolute atomic E-state index is 0.0451. The van der Waals surface area contributed by atoms with Gasteiger partial charge < -0.3 is 5.32 Å². The largest absolute Gasteiger partial charge is 0.354 e. The molecule has 0 fully saturated rings. The Hall–Kier alpha value is -3.95. The number of hydrogen-bond acceptors (Lipinski definition) is 3. The lowest BCUT2D eigenvalue weighted by Crippen LogP contribution is -1.99. The normalized spacial score (nSPS) is 11.4. The highest BCUT2D eigenvalue weighted by Gasteiger charge is 2.11. The summed E-state index contributed by atoms with van der Waals surface area (Å²) in [5, 5.41) is 6.19. The first kappa shape index (κ1) is 21.9. The second kappa shape index (κ2) is 9.12. The molecule has 0 aliphatic rings. The van der Waals surface area contributed by atoms with Gasteiger partial charge in [-0.25, -0.2) is 4.98 Å². The fraction of sp³-hybridized carbons (Fsp3) is 0.0667. The number of benzene rings is 4. The molecule has 4 heteroatoms. The Morgan fingerprint density at radius 2 is 1.62 bits per heavy atom. The first-order valence-corrected chi connectivity index (χ1v) is 11.5. The quantitative estimate of drug-likeness (QED) is 0.162. The van der Waals surface area contributed by atoms with Crippen molar-refractivity contribution in [3.63, 3.8) is 0 Å². The summed E-state index contributed by atoms with van der Waals surface area (Å²) < 4.78 is 0. The van der Waals surface area contributed by atoms with Crippen LogP contribution in [0.15, 0.2) is 91.0 Å². The summed E-state index contributed by atoms with van der Waals surface area (Å²) in [5.74, 6) is -0.0451. The zero-order valence-corrected chi connectivity index (χ0v) is 19.7. The van der Waals surface area contributed by atoms with Gasteiger partial charge in [0, 0.05) is 27.0 Å². The van der Waals surface area contributed by atoms with Gasteiger partial charge in [-0.3, -0.25) is 4.79 Å². The fourth-order valence-electron chi connectivity index (χ4n) is 4.01. The summed E-state index contributed by atoms with van der Waals surface area (Å²) in [6.45, 7) is 4.11. The third-order valence-corrected chi connectivity index (χ3v) is 6.05. The molecule has 166 valence electrons. The molecule has 0 atom stereocenters. The van der Waals surface area contributed by atoms with Gasteiger partial charge in [-0.1, -0.05) is 71.3 Å². The molecule has 0 radical (unpaired) electrons. The molecule has 3 nitrogen and oxygen atoms in total.